The average Bonchev–Trinajstić information content (AvgIpc) is 2.44. The minimum absolute atomic E-state index is 0.0262. The van der Waals surface area contributed by atoms with Crippen LogP contribution >= 0.6 is 7.60 Å². The van der Waals surface area contributed by atoms with Crippen molar-refractivity contribution in [3.8, 4) is 5.75 Å². The Bertz CT molecular complexity index is 592. The lowest BCUT2D eigenvalue weighted by Gasteiger charge is -2.18. The molecule has 122 valence electrons. The fourth-order valence-corrected chi connectivity index (χ4v) is 3.05. The van der Waals surface area contributed by atoms with Gasteiger partial charge in [-0.2, -0.15) is 0 Å². The van der Waals surface area contributed by atoms with E-state index in [4.69, 9.17) is 25.6 Å². The van der Waals surface area contributed by atoms with Crippen LogP contribution in [0.5, 0.6) is 5.75 Å². The molecule has 1 aromatic rings. The number of amides is 1. The summed E-state index contributed by atoms with van der Waals surface area (Å²) in [6.45, 7) is 0. The van der Waals surface area contributed by atoms with Crippen molar-refractivity contribution in [3.05, 3.63) is 29.8 Å². The SMILES string of the molecule is COP(=O)(CCC(N)C(=O)O)Oc1cccc(CC(N)=O)c1. The van der Waals surface area contributed by atoms with Gasteiger partial charge in [-0.05, 0) is 24.1 Å². The van der Waals surface area contributed by atoms with E-state index in [1.54, 1.807) is 18.2 Å². The fourth-order valence-electron chi connectivity index (χ4n) is 1.67. The van der Waals surface area contributed by atoms with Gasteiger partial charge in [-0.15, -0.1) is 0 Å². The topological polar surface area (TPSA) is 142 Å². The number of aliphatic carboxylic acids is 1. The summed E-state index contributed by atoms with van der Waals surface area (Å²) >= 11 is 0. The molecule has 0 aromatic heterocycles. The number of hydrogen-bond acceptors (Lipinski definition) is 6. The quantitative estimate of drug-likeness (QED) is 0.567. The molecule has 5 N–H and O–H groups in total. The zero-order valence-corrected chi connectivity index (χ0v) is 13.0. The molecule has 22 heavy (non-hydrogen) atoms. The molecule has 0 spiro atoms. The minimum Gasteiger partial charge on any atom is -0.480 e. The molecule has 2 unspecified atom stereocenters. The number of carbonyl (C=O) groups excluding carboxylic acids is 1. The van der Waals surface area contributed by atoms with Crippen LogP contribution in [0.25, 0.3) is 0 Å². The highest BCUT2D eigenvalue weighted by Gasteiger charge is 2.27. The van der Waals surface area contributed by atoms with E-state index in [0.717, 1.165) is 0 Å². The lowest BCUT2D eigenvalue weighted by Crippen LogP contribution is -2.31. The van der Waals surface area contributed by atoms with E-state index >= 15 is 0 Å². The first-order chi connectivity index (χ1) is 10.3. The van der Waals surface area contributed by atoms with Gasteiger partial charge in [-0.25, -0.2) is 4.57 Å². The van der Waals surface area contributed by atoms with Crippen LogP contribution in [-0.2, 0) is 25.1 Å². The van der Waals surface area contributed by atoms with Crippen molar-refractivity contribution in [3.63, 3.8) is 0 Å². The highest BCUT2D eigenvalue weighted by atomic mass is 31.2. The average molecular weight is 330 g/mol. The highest BCUT2D eigenvalue weighted by molar-refractivity contribution is 7.54. The first-order valence-corrected chi connectivity index (χ1v) is 8.18. The third-order valence-corrected chi connectivity index (χ3v) is 4.68. The van der Waals surface area contributed by atoms with Gasteiger partial charge in [0.05, 0.1) is 12.6 Å². The number of rotatable bonds is 9. The molecule has 0 fully saturated rings. The number of nitrogens with two attached hydrogens (primary N) is 2. The van der Waals surface area contributed by atoms with Gasteiger partial charge in [0, 0.05) is 7.11 Å². The number of carboxylic acids is 1. The number of benzene rings is 1. The normalized spacial score (nSPS) is 14.8. The Balaban J connectivity index is 2.78. The lowest BCUT2D eigenvalue weighted by atomic mass is 10.1. The summed E-state index contributed by atoms with van der Waals surface area (Å²) in [4.78, 5) is 21.6. The Labute approximate surface area is 127 Å². The Morgan fingerprint density at radius 1 is 1.41 bits per heavy atom. The number of hydrogen-bond donors (Lipinski definition) is 3. The summed E-state index contributed by atoms with van der Waals surface area (Å²) in [6, 6.07) is 5.22. The smallest absolute Gasteiger partial charge is 0.378 e. The van der Waals surface area contributed by atoms with Crippen molar-refractivity contribution < 1.29 is 28.3 Å². The van der Waals surface area contributed by atoms with Gasteiger partial charge in [0.25, 0.3) is 0 Å². The van der Waals surface area contributed by atoms with E-state index < -0.39 is 25.5 Å². The summed E-state index contributed by atoms with van der Waals surface area (Å²) in [5, 5.41) is 8.72. The molecule has 0 radical (unpaired) electrons. The molecular formula is C13H19N2O6P. The van der Waals surface area contributed by atoms with Crippen molar-refractivity contribution in [2.45, 2.75) is 18.9 Å². The summed E-state index contributed by atoms with van der Waals surface area (Å²) in [6.07, 6.45) is -0.170. The molecule has 0 saturated heterocycles. The Kier molecular flexibility index (Phi) is 6.55. The van der Waals surface area contributed by atoms with E-state index in [2.05, 4.69) is 0 Å². The van der Waals surface area contributed by atoms with Crippen LogP contribution in [0.15, 0.2) is 24.3 Å². The van der Waals surface area contributed by atoms with Crippen LogP contribution in [-0.4, -0.2) is 36.3 Å². The van der Waals surface area contributed by atoms with Crippen molar-refractivity contribution in [2.75, 3.05) is 13.3 Å². The van der Waals surface area contributed by atoms with Crippen molar-refractivity contribution in [1.29, 1.82) is 0 Å². The first kappa shape index (κ1) is 18.2. The minimum atomic E-state index is -3.53. The van der Waals surface area contributed by atoms with Crippen LogP contribution in [0.4, 0.5) is 0 Å². The molecule has 2 atom stereocenters. The molecule has 1 amide bonds. The second-order valence-corrected chi connectivity index (χ2v) is 6.85. The molecule has 0 saturated carbocycles. The van der Waals surface area contributed by atoms with Gasteiger partial charge in [-0.3, -0.25) is 9.59 Å². The zero-order valence-electron chi connectivity index (χ0n) is 12.1. The Hall–Kier alpha value is -1.89. The second-order valence-electron chi connectivity index (χ2n) is 4.63. The summed E-state index contributed by atoms with van der Waals surface area (Å²) in [5.74, 6) is -1.45. The Morgan fingerprint density at radius 2 is 2.09 bits per heavy atom. The van der Waals surface area contributed by atoms with Crippen LogP contribution < -0.4 is 16.0 Å². The molecule has 0 aliphatic rings. The van der Waals surface area contributed by atoms with Gasteiger partial charge in [0.2, 0.25) is 5.91 Å². The molecule has 1 aromatic carbocycles. The lowest BCUT2D eigenvalue weighted by molar-refractivity contribution is -0.138. The molecule has 0 bridgehead atoms. The fraction of sp³-hybridized carbons (Fsp3) is 0.385. The van der Waals surface area contributed by atoms with E-state index in [0.29, 0.717) is 5.56 Å². The van der Waals surface area contributed by atoms with Crippen LogP contribution in [0, 0.1) is 0 Å². The summed E-state index contributed by atoms with van der Waals surface area (Å²) in [7, 11) is -2.32. The molecular weight excluding hydrogens is 311 g/mol. The van der Waals surface area contributed by atoms with E-state index in [-0.39, 0.29) is 24.8 Å². The number of primary amides is 1. The predicted molar refractivity (Wildman–Crippen MR) is 79.7 cm³/mol. The molecule has 1 rings (SSSR count). The van der Waals surface area contributed by atoms with Crippen molar-refractivity contribution >= 4 is 19.5 Å². The van der Waals surface area contributed by atoms with Gasteiger partial charge in [0.15, 0.2) is 0 Å². The summed E-state index contributed by atoms with van der Waals surface area (Å²) < 4.78 is 22.6. The van der Waals surface area contributed by atoms with Gasteiger partial charge >= 0.3 is 13.6 Å². The van der Waals surface area contributed by atoms with Crippen LogP contribution in [0.1, 0.15) is 12.0 Å². The van der Waals surface area contributed by atoms with Gasteiger partial charge < -0.3 is 25.6 Å². The van der Waals surface area contributed by atoms with E-state index in [1.165, 1.54) is 13.2 Å². The standard InChI is InChI=1S/C13H19N2O6P/c1-20-22(19,6-5-11(14)13(17)18)21-10-4-2-3-9(7-10)8-12(15)16/h2-4,7,11H,5-6,8,14H2,1H3,(H2,15,16)(H,17,18). The monoisotopic (exact) mass is 330 g/mol. The second kappa shape index (κ2) is 7.93. The number of carboxylic acid groups (broad SMARTS) is 1. The maximum atomic E-state index is 12.4. The third-order valence-electron chi connectivity index (χ3n) is 2.83. The zero-order chi connectivity index (χ0) is 16.8. The van der Waals surface area contributed by atoms with Gasteiger partial charge in [0.1, 0.15) is 11.8 Å². The molecule has 8 nitrogen and oxygen atoms in total. The summed E-state index contributed by atoms with van der Waals surface area (Å²) in [5.41, 5.74) is 11.1. The highest BCUT2D eigenvalue weighted by Crippen LogP contribution is 2.48. The predicted octanol–water partition coefficient (Wildman–Crippen LogP) is 0.735. The number of carbonyl (C=O) groups is 2. The van der Waals surface area contributed by atoms with E-state index in [1.807, 2.05) is 0 Å². The third kappa shape index (κ3) is 5.85. The molecule has 0 heterocycles. The Morgan fingerprint density at radius 3 is 2.64 bits per heavy atom. The molecule has 0 aliphatic heterocycles. The maximum Gasteiger partial charge on any atom is 0.378 e. The first-order valence-electron chi connectivity index (χ1n) is 6.46. The molecule has 0 aliphatic carbocycles. The van der Waals surface area contributed by atoms with Gasteiger partial charge in [-0.1, -0.05) is 12.1 Å². The molecule has 9 heteroatoms. The van der Waals surface area contributed by atoms with Crippen molar-refractivity contribution in [1.82, 2.24) is 0 Å². The van der Waals surface area contributed by atoms with Crippen LogP contribution in [0.3, 0.4) is 0 Å². The van der Waals surface area contributed by atoms with E-state index in [9.17, 15) is 14.2 Å². The largest absolute Gasteiger partial charge is 0.480 e. The van der Waals surface area contributed by atoms with Crippen molar-refractivity contribution in [2.24, 2.45) is 11.5 Å². The van der Waals surface area contributed by atoms with Crippen LogP contribution in [0.2, 0.25) is 0 Å². The maximum absolute atomic E-state index is 12.4.